The van der Waals surface area contributed by atoms with E-state index in [0.29, 0.717) is 23.3 Å². The van der Waals surface area contributed by atoms with E-state index in [1.54, 1.807) is 4.68 Å². The van der Waals surface area contributed by atoms with Crippen LogP contribution in [0.5, 0.6) is 5.75 Å². The third-order valence-corrected chi connectivity index (χ3v) is 5.87. The Bertz CT molecular complexity index is 1340. The normalized spacial score (nSPS) is 14.7. The molecule has 35 heavy (non-hydrogen) atoms. The number of aromatic nitrogens is 4. The van der Waals surface area contributed by atoms with Crippen LogP contribution in [0.4, 0.5) is 11.6 Å². The molecule has 9 heteroatoms. The van der Waals surface area contributed by atoms with Crippen molar-refractivity contribution in [1.29, 1.82) is 0 Å². The molecule has 0 radical (unpaired) electrons. The molecule has 0 spiro atoms. The van der Waals surface area contributed by atoms with Gasteiger partial charge in [-0.1, -0.05) is 59.2 Å². The Labute approximate surface area is 207 Å². The van der Waals surface area contributed by atoms with Gasteiger partial charge in [-0.2, -0.15) is 4.68 Å². The van der Waals surface area contributed by atoms with E-state index in [1.165, 1.54) is 0 Å². The number of rotatable bonds is 7. The maximum Gasteiger partial charge on any atom is 0.251 e. The summed E-state index contributed by atoms with van der Waals surface area (Å²) in [4.78, 5) is 14.9. The van der Waals surface area contributed by atoms with Gasteiger partial charge in [-0.25, -0.2) is 0 Å². The van der Waals surface area contributed by atoms with E-state index in [-0.39, 0.29) is 18.5 Å². The van der Waals surface area contributed by atoms with Gasteiger partial charge in [-0.15, -0.1) is 0 Å². The second-order valence-electron chi connectivity index (χ2n) is 7.93. The van der Waals surface area contributed by atoms with E-state index in [1.807, 2.05) is 90.7 Å². The first-order valence-electron chi connectivity index (χ1n) is 11.2. The molecule has 0 bridgehead atoms. The van der Waals surface area contributed by atoms with E-state index in [2.05, 4.69) is 26.9 Å². The lowest BCUT2D eigenvalue weighted by Gasteiger charge is -2.32. The van der Waals surface area contributed by atoms with Gasteiger partial charge in [0.1, 0.15) is 18.3 Å². The Hall–Kier alpha value is -4.17. The first-order chi connectivity index (χ1) is 17.1. The number of nitrogens with zero attached hydrogens (tertiary/aromatic N) is 5. The largest absolute Gasteiger partial charge is 0.494 e. The summed E-state index contributed by atoms with van der Waals surface area (Å²) < 4.78 is 7.19. The molecule has 1 N–H and O–H groups in total. The number of carbonyl (C=O) groups is 1. The smallest absolute Gasteiger partial charge is 0.251 e. The molecular formula is C26H23ClN6O2. The van der Waals surface area contributed by atoms with Crippen LogP contribution >= 0.6 is 11.6 Å². The average molecular weight is 487 g/mol. The number of amides is 1. The zero-order valence-corrected chi connectivity index (χ0v) is 19.8. The number of anilines is 2. The Morgan fingerprint density at radius 2 is 1.77 bits per heavy atom. The van der Waals surface area contributed by atoms with Crippen molar-refractivity contribution >= 4 is 34.8 Å². The minimum absolute atomic E-state index is 0.0174. The first-order valence-corrected chi connectivity index (χ1v) is 11.6. The number of hydrogen-bond acceptors (Lipinski definition) is 6. The summed E-state index contributed by atoms with van der Waals surface area (Å²) >= 11 is 6.14. The van der Waals surface area contributed by atoms with Crippen LogP contribution in [0.15, 0.2) is 84.9 Å². The fourth-order valence-corrected chi connectivity index (χ4v) is 4.15. The zero-order valence-electron chi connectivity index (χ0n) is 19.0. The van der Waals surface area contributed by atoms with Crippen LogP contribution in [0.3, 0.4) is 0 Å². The number of fused-ring (bicyclic) bond motifs is 1. The standard InChI is InChI=1S/C26H23ClN6O2/c1-2-35-22-14-12-21(13-15-22)28-25(34)17-32-23(19-8-10-20(27)11-9-19)16-24(18-6-4-3-5-7-18)33-26(32)29-30-31-33/h3-16,24H,2,17H2,1H3,(H,28,34)/t24-/m1/s1. The van der Waals surface area contributed by atoms with E-state index in [0.717, 1.165) is 22.6 Å². The van der Waals surface area contributed by atoms with E-state index < -0.39 is 0 Å². The van der Waals surface area contributed by atoms with Crippen LogP contribution in [0.2, 0.25) is 5.02 Å². The molecule has 3 aromatic carbocycles. The van der Waals surface area contributed by atoms with Gasteiger partial charge < -0.3 is 10.1 Å². The number of ether oxygens (including phenoxy) is 1. The minimum Gasteiger partial charge on any atom is -0.494 e. The van der Waals surface area contributed by atoms with Crippen molar-refractivity contribution in [2.24, 2.45) is 0 Å². The molecule has 1 aromatic heterocycles. The maximum absolute atomic E-state index is 13.1. The van der Waals surface area contributed by atoms with Crippen molar-refractivity contribution in [1.82, 2.24) is 20.2 Å². The lowest BCUT2D eigenvalue weighted by molar-refractivity contribution is -0.114. The highest BCUT2D eigenvalue weighted by Crippen LogP contribution is 2.36. The zero-order chi connectivity index (χ0) is 24.2. The summed E-state index contributed by atoms with van der Waals surface area (Å²) in [5, 5.41) is 16.0. The molecule has 0 saturated heterocycles. The van der Waals surface area contributed by atoms with Gasteiger partial charge in [-0.05, 0) is 71.0 Å². The molecule has 1 aliphatic rings. The summed E-state index contributed by atoms with van der Waals surface area (Å²) in [6.45, 7) is 2.53. The van der Waals surface area contributed by atoms with Gasteiger partial charge in [0.2, 0.25) is 5.91 Å². The Morgan fingerprint density at radius 3 is 2.49 bits per heavy atom. The van der Waals surface area contributed by atoms with Crippen molar-refractivity contribution < 1.29 is 9.53 Å². The molecular weight excluding hydrogens is 464 g/mol. The lowest BCUT2D eigenvalue weighted by atomic mass is 10.0. The molecule has 4 aromatic rings. The van der Waals surface area contributed by atoms with E-state index in [4.69, 9.17) is 16.3 Å². The number of carbonyl (C=O) groups excluding carboxylic acids is 1. The molecule has 0 fully saturated rings. The van der Waals surface area contributed by atoms with Crippen molar-refractivity contribution in [2.75, 3.05) is 23.4 Å². The molecule has 1 amide bonds. The molecule has 0 unspecified atom stereocenters. The third-order valence-electron chi connectivity index (χ3n) is 5.62. The van der Waals surface area contributed by atoms with Gasteiger partial charge in [0.05, 0.1) is 12.3 Å². The Kier molecular flexibility index (Phi) is 6.45. The van der Waals surface area contributed by atoms with Crippen molar-refractivity contribution in [3.63, 3.8) is 0 Å². The molecule has 1 aliphatic heterocycles. The number of halogens is 1. The van der Waals surface area contributed by atoms with Gasteiger partial charge in [0.15, 0.2) is 0 Å². The number of nitrogens with one attached hydrogen (secondary N) is 1. The SMILES string of the molecule is CCOc1ccc(NC(=O)CN2C(c3ccc(Cl)cc3)=C[C@H](c3ccccc3)n3nnnc32)cc1. The number of allylic oxidation sites excluding steroid dienone is 1. The fraction of sp³-hybridized carbons (Fsp3) is 0.154. The summed E-state index contributed by atoms with van der Waals surface area (Å²) in [7, 11) is 0. The second kappa shape index (κ2) is 9.99. The van der Waals surface area contributed by atoms with Crippen molar-refractivity contribution in [3.05, 3.63) is 101 Å². The number of hydrogen-bond donors (Lipinski definition) is 1. The highest BCUT2D eigenvalue weighted by molar-refractivity contribution is 6.30. The van der Waals surface area contributed by atoms with Gasteiger partial charge in [0, 0.05) is 10.7 Å². The van der Waals surface area contributed by atoms with E-state index in [9.17, 15) is 4.79 Å². The highest BCUT2D eigenvalue weighted by Gasteiger charge is 2.31. The van der Waals surface area contributed by atoms with Crippen LogP contribution in [-0.4, -0.2) is 39.3 Å². The van der Waals surface area contributed by atoms with Gasteiger partial charge in [-0.3, -0.25) is 9.69 Å². The van der Waals surface area contributed by atoms with Crippen LogP contribution in [0.25, 0.3) is 5.70 Å². The first kappa shape index (κ1) is 22.6. The van der Waals surface area contributed by atoms with Crippen LogP contribution in [0.1, 0.15) is 24.1 Å². The summed E-state index contributed by atoms with van der Waals surface area (Å²) in [5.41, 5.74) is 3.43. The molecule has 1 atom stereocenters. The predicted molar refractivity (Wildman–Crippen MR) is 135 cm³/mol. The molecule has 0 saturated carbocycles. The number of benzene rings is 3. The topological polar surface area (TPSA) is 85.2 Å². The van der Waals surface area contributed by atoms with Crippen molar-refractivity contribution in [3.8, 4) is 5.75 Å². The lowest BCUT2D eigenvalue weighted by Crippen LogP contribution is -2.37. The Morgan fingerprint density at radius 1 is 1.03 bits per heavy atom. The highest BCUT2D eigenvalue weighted by atomic mass is 35.5. The third kappa shape index (κ3) is 4.88. The summed E-state index contributed by atoms with van der Waals surface area (Å²) in [5.74, 6) is 1.02. The van der Waals surface area contributed by atoms with Gasteiger partial charge >= 0.3 is 0 Å². The average Bonchev–Trinajstić information content (AvgIpc) is 3.37. The van der Waals surface area contributed by atoms with Crippen LogP contribution < -0.4 is 15.0 Å². The summed E-state index contributed by atoms with van der Waals surface area (Å²) in [6.07, 6.45) is 2.06. The molecule has 176 valence electrons. The molecule has 2 heterocycles. The second-order valence-corrected chi connectivity index (χ2v) is 8.37. The molecule has 8 nitrogen and oxygen atoms in total. The number of tetrazole rings is 1. The summed E-state index contributed by atoms with van der Waals surface area (Å²) in [6, 6.07) is 24.5. The maximum atomic E-state index is 13.1. The molecule has 5 rings (SSSR count). The molecule has 0 aliphatic carbocycles. The Balaban J connectivity index is 1.47. The van der Waals surface area contributed by atoms with Crippen molar-refractivity contribution in [2.45, 2.75) is 13.0 Å². The quantitative estimate of drug-likeness (QED) is 0.403. The van der Waals surface area contributed by atoms with Crippen LogP contribution in [-0.2, 0) is 4.79 Å². The van der Waals surface area contributed by atoms with Crippen LogP contribution in [0, 0.1) is 0 Å². The van der Waals surface area contributed by atoms with Gasteiger partial charge in [0.25, 0.3) is 5.95 Å². The minimum atomic E-state index is -0.225. The fourth-order valence-electron chi connectivity index (χ4n) is 4.03. The predicted octanol–water partition coefficient (Wildman–Crippen LogP) is 4.81. The monoisotopic (exact) mass is 486 g/mol. The van der Waals surface area contributed by atoms with E-state index >= 15 is 0 Å².